The fourth-order valence-electron chi connectivity index (χ4n) is 4.19. The van der Waals surface area contributed by atoms with Crippen molar-refractivity contribution in [2.75, 3.05) is 37.8 Å². The summed E-state index contributed by atoms with van der Waals surface area (Å²) in [4.78, 5) is 19.3. The van der Waals surface area contributed by atoms with Crippen molar-refractivity contribution in [2.45, 2.75) is 31.3 Å². The molecule has 1 fully saturated rings. The van der Waals surface area contributed by atoms with E-state index in [1.165, 1.54) is 0 Å². The number of nitrogens with zero attached hydrogens (tertiary/aromatic N) is 2. The Morgan fingerprint density at radius 1 is 1.17 bits per heavy atom. The quantitative estimate of drug-likeness (QED) is 0.695. The monoisotopic (exact) mass is 425 g/mol. The molecule has 158 valence electrons. The number of fused-ring (bicyclic) bond motifs is 1. The third-order valence-electron chi connectivity index (χ3n) is 5.77. The number of halogens is 1. The minimum atomic E-state index is -0.283. The van der Waals surface area contributed by atoms with Crippen molar-refractivity contribution in [2.24, 2.45) is 4.99 Å². The Kier molecular flexibility index (Phi) is 5.97. The number of amides is 1. The van der Waals surface area contributed by atoms with Crippen molar-refractivity contribution in [1.29, 1.82) is 0 Å². The normalized spacial score (nSPS) is 22.0. The molecule has 0 aromatic heterocycles. The molecule has 30 heavy (non-hydrogen) atoms. The summed E-state index contributed by atoms with van der Waals surface area (Å²) in [6.07, 6.45) is 2.93. The van der Waals surface area contributed by atoms with E-state index in [4.69, 9.17) is 16.6 Å². The summed E-state index contributed by atoms with van der Waals surface area (Å²) in [7, 11) is 3.54. The molecule has 0 saturated carbocycles. The van der Waals surface area contributed by atoms with Crippen LogP contribution in [0.1, 0.15) is 35.2 Å². The van der Waals surface area contributed by atoms with Crippen LogP contribution in [0.3, 0.4) is 0 Å². The van der Waals surface area contributed by atoms with E-state index in [-0.39, 0.29) is 11.4 Å². The van der Waals surface area contributed by atoms with Gasteiger partial charge in [0.2, 0.25) is 0 Å². The molecule has 1 unspecified atom stereocenters. The van der Waals surface area contributed by atoms with Gasteiger partial charge in [0.1, 0.15) is 5.84 Å². The van der Waals surface area contributed by atoms with Crippen LogP contribution in [0.4, 0.5) is 11.4 Å². The molecule has 7 heteroatoms. The summed E-state index contributed by atoms with van der Waals surface area (Å²) < 4.78 is 0. The molecular formula is C23H28ClN5O. The lowest BCUT2D eigenvalue weighted by molar-refractivity contribution is 0.0828. The Balaban J connectivity index is 1.74. The Hall–Kier alpha value is -2.57. The molecule has 2 aliphatic rings. The van der Waals surface area contributed by atoms with E-state index in [1.54, 1.807) is 19.0 Å². The average molecular weight is 426 g/mol. The van der Waals surface area contributed by atoms with Crippen molar-refractivity contribution in [3.63, 3.8) is 0 Å². The van der Waals surface area contributed by atoms with Gasteiger partial charge in [0.25, 0.3) is 5.91 Å². The second-order valence-electron chi connectivity index (χ2n) is 8.16. The van der Waals surface area contributed by atoms with Gasteiger partial charge in [-0.05, 0) is 62.2 Å². The van der Waals surface area contributed by atoms with Crippen LogP contribution in [-0.2, 0) is 6.54 Å². The van der Waals surface area contributed by atoms with Crippen LogP contribution >= 0.6 is 11.6 Å². The molecule has 0 aliphatic carbocycles. The Bertz CT molecular complexity index is 964. The van der Waals surface area contributed by atoms with Gasteiger partial charge >= 0.3 is 0 Å². The van der Waals surface area contributed by atoms with Gasteiger partial charge in [0, 0.05) is 19.1 Å². The number of nitrogens with one attached hydrogen (secondary N) is 3. The van der Waals surface area contributed by atoms with Gasteiger partial charge < -0.3 is 20.9 Å². The molecule has 1 saturated heterocycles. The predicted octanol–water partition coefficient (Wildman–Crippen LogP) is 3.99. The number of anilines is 2. The van der Waals surface area contributed by atoms with Gasteiger partial charge in [-0.2, -0.15) is 0 Å². The molecular weight excluding hydrogens is 398 g/mol. The molecule has 1 atom stereocenters. The highest BCUT2D eigenvalue weighted by Crippen LogP contribution is 2.38. The largest absolute Gasteiger partial charge is 0.371 e. The number of rotatable bonds is 3. The van der Waals surface area contributed by atoms with E-state index < -0.39 is 0 Å². The van der Waals surface area contributed by atoms with E-state index in [1.807, 2.05) is 42.5 Å². The Morgan fingerprint density at radius 2 is 2.00 bits per heavy atom. The van der Waals surface area contributed by atoms with Gasteiger partial charge in [-0.15, -0.1) is 0 Å². The summed E-state index contributed by atoms with van der Waals surface area (Å²) in [6.45, 7) is 2.44. The summed E-state index contributed by atoms with van der Waals surface area (Å²) in [5, 5.41) is 11.5. The molecule has 6 nitrogen and oxygen atoms in total. The van der Waals surface area contributed by atoms with Crippen LogP contribution in [0.2, 0.25) is 5.02 Å². The van der Waals surface area contributed by atoms with Crippen LogP contribution in [-0.4, -0.2) is 49.4 Å². The molecule has 4 rings (SSSR count). The Morgan fingerprint density at radius 3 is 2.80 bits per heavy atom. The number of hydrogen-bond acceptors (Lipinski definition) is 4. The second kappa shape index (κ2) is 8.66. The lowest BCUT2D eigenvalue weighted by Crippen LogP contribution is -2.53. The van der Waals surface area contributed by atoms with Crippen molar-refractivity contribution < 1.29 is 4.79 Å². The van der Waals surface area contributed by atoms with Crippen LogP contribution in [0.15, 0.2) is 47.5 Å². The highest BCUT2D eigenvalue weighted by atomic mass is 35.5. The zero-order chi connectivity index (χ0) is 21.1. The SMILES string of the molecule is CN(C)C(=O)c1cccc2c1NC(=NCc1cccc(Cl)c1)C1(CCCNCC1)N2. The third kappa shape index (κ3) is 4.16. The van der Waals surface area contributed by atoms with Crippen molar-refractivity contribution in [3.05, 3.63) is 58.6 Å². The maximum Gasteiger partial charge on any atom is 0.255 e. The van der Waals surface area contributed by atoms with Crippen LogP contribution in [0, 0.1) is 0 Å². The smallest absolute Gasteiger partial charge is 0.255 e. The fraction of sp³-hybridized carbons (Fsp3) is 0.391. The number of carbonyl (C=O) groups excluding carboxylic acids is 1. The van der Waals surface area contributed by atoms with E-state index >= 15 is 0 Å². The molecule has 2 heterocycles. The number of hydrogen-bond donors (Lipinski definition) is 3. The maximum atomic E-state index is 12.8. The maximum absolute atomic E-state index is 12.8. The van der Waals surface area contributed by atoms with Crippen LogP contribution in [0.5, 0.6) is 0 Å². The fourth-order valence-corrected chi connectivity index (χ4v) is 4.40. The summed E-state index contributed by atoms with van der Waals surface area (Å²) >= 11 is 6.16. The number of aliphatic imine (C=N–C) groups is 1. The number of carbonyl (C=O) groups is 1. The van der Waals surface area contributed by atoms with E-state index in [0.29, 0.717) is 17.1 Å². The molecule has 2 aromatic rings. The highest BCUT2D eigenvalue weighted by Gasteiger charge is 2.41. The lowest BCUT2D eigenvalue weighted by atomic mass is 9.85. The standard InChI is InChI=1S/C23H28ClN5O/c1-29(2)21(30)18-8-4-9-19-20(18)27-22(23(28-19)10-5-12-25-13-11-23)26-15-16-6-3-7-17(24)14-16/h3-4,6-9,14,25,28H,5,10-13,15H2,1-2H3,(H,26,27). The van der Waals surface area contributed by atoms with Crippen LogP contribution < -0.4 is 16.0 Å². The predicted molar refractivity (Wildman–Crippen MR) is 124 cm³/mol. The first-order valence-electron chi connectivity index (χ1n) is 10.4. The van der Waals surface area contributed by atoms with E-state index in [9.17, 15) is 4.79 Å². The highest BCUT2D eigenvalue weighted by molar-refractivity contribution is 6.30. The third-order valence-corrected chi connectivity index (χ3v) is 6.00. The first-order chi connectivity index (χ1) is 14.5. The second-order valence-corrected chi connectivity index (χ2v) is 8.59. The van der Waals surface area contributed by atoms with Crippen LogP contribution in [0.25, 0.3) is 0 Å². The zero-order valence-corrected chi connectivity index (χ0v) is 18.2. The van der Waals surface area contributed by atoms with Gasteiger partial charge in [0.05, 0.1) is 29.0 Å². The zero-order valence-electron chi connectivity index (χ0n) is 17.5. The number of benzene rings is 2. The van der Waals surface area contributed by atoms with Crippen molar-refractivity contribution in [3.8, 4) is 0 Å². The summed E-state index contributed by atoms with van der Waals surface area (Å²) in [5.74, 6) is 0.853. The minimum absolute atomic E-state index is 0.0335. The van der Waals surface area contributed by atoms with Gasteiger partial charge in [-0.25, -0.2) is 0 Å². The summed E-state index contributed by atoms with van der Waals surface area (Å²) in [5.41, 5.74) is 3.16. The molecule has 3 N–H and O–H groups in total. The first-order valence-corrected chi connectivity index (χ1v) is 10.8. The number of amidine groups is 1. The van der Waals surface area contributed by atoms with E-state index in [2.05, 4.69) is 16.0 Å². The average Bonchev–Trinajstić information content (AvgIpc) is 2.97. The summed E-state index contributed by atoms with van der Waals surface area (Å²) in [6, 6.07) is 13.6. The van der Waals surface area contributed by atoms with E-state index in [0.717, 1.165) is 55.1 Å². The van der Waals surface area contributed by atoms with Crippen molar-refractivity contribution >= 4 is 34.7 Å². The Labute approximate surface area is 182 Å². The van der Waals surface area contributed by atoms with Gasteiger partial charge in [0.15, 0.2) is 0 Å². The topological polar surface area (TPSA) is 68.8 Å². The molecule has 1 amide bonds. The first kappa shape index (κ1) is 20.7. The minimum Gasteiger partial charge on any atom is -0.371 e. The van der Waals surface area contributed by atoms with Crippen molar-refractivity contribution in [1.82, 2.24) is 10.2 Å². The molecule has 2 aliphatic heterocycles. The van der Waals surface area contributed by atoms with Gasteiger partial charge in [-0.1, -0.05) is 29.8 Å². The number of para-hydroxylation sites is 1. The van der Waals surface area contributed by atoms with Gasteiger partial charge in [-0.3, -0.25) is 9.79 Å². The molecule has 2 aromatic carbocycles. The molecule has 0 bridgehead atoms. The lowest BCUT2D eigenvalue weighted by Gasteiger charge is -2.41. The molecule has 1 spiro atoms. The molecule has 0 radical (unpaired) electrons.